The molecule has 1 aliphatic heterocycles. The fourth-order valence-corrected chi connectivity index (χ4v) is 2.52. The van der Waals surface area contributed by atoms with Crippen molar-refractivity contribution in [1.82, 2.24) is 9.88 Å². The highest BCUT2D eigenvalue weighted by molar-refractivity contribution is 5.57. The summed E-state index contributed by atoms with van der Waals surface area (Å²) in [5.41, 5.74) is 1.73. The van der Waals surface area contributed by atoms with E-state index in [0.717, 1.165) is 42.9 Å². The number of pyridine rings is 1. The molecular weight excluding hydrogens is 224 g/mol. The van der Waals surface area contributed by atoms with Crippen LogP contribution in [0.1, 0.15) is 24.0 Å². The fourth-order valence-electron chi connectivity index (χ4n) is 2.52. The van der Waals surface area contributed by atoms with Gasteiger partial charge in [-0.15, -0.1) is 0 Å². The lowest BCUT2D eigenvalue weighted by molar-refractivity contribution is 0.249. The Morgan fingerprint density at radius 1 is 1.39 bits per heavy atom. The summed E-state index contributed by atoms with van der Waals surface area (Å²) in [5.74, 6) is 0.856. The van der Waals surface area contributed by atoms with E-state index in [1.165, 1.54) is 0 Å². The standard InChI is InChI=1S/C14H20N4/c1-11-4-7-16-14(13(11)10-15)18-8-5-12(6-9-18)17(2)3/h4,7,12H,5-6,8-9H2,1-3H3. The van der Waals surface area contributed by atoms with Crippen molar-refractivity contribution < 1.29 is 0 Å². The first-order valence-electron chi connectivity index (χ1n) is 6.40. The second kappa shape index (κ2) is 5.36. The Bertz CT molecular complexity index is 453. The van der Waals surface area contributed by atoms with E-state index in [-0.39, 0.29) is 0 Å². The van der Waals surface area contributed by atoms with Crippen molar-refractivity contribution in [2.45, 2.75) is 25.8 Å². The maximum Gasteiger partial charge on any atom is 0.146 e. The van der Waals surface area contributed by atoms with E-state index in [9.17, 15) is 5.26 Å². The number of nitriles is 1. The predicted molar refractivity (Wildman–Crippen MR) is 72.6 cm³/mol. The van der Waals surface area contributed by atoms with Crippen molar-refractivity contribution in [3.05, 3.63) is 23.4 Å². The maximum atomic E-state index is 9.25. The number of aromatic nitrogens is 1. The van der Waals surface area contributed by atoms with Gasteiger partial charge in [0.05, 0.1) is 5.56 Å². The molecule has 0 aromatic carbocycles. The third-order valence-corrected chi connectivity index (χ3v) is 3.75. The molecule has 1 aromatic rings. The lowest BCUT2D eigenvalue weighted by Crippen LogP contribution is -2.42. The molecule has 1 fully saturated rings. The Kier molecular flexibility index (Phi) is 3.83. The van der Waals surface area contributed by atoms with Crippen LogP contribution in [0.5, 0.6) is 0 Å². The summed E-state index contributed by atoms with van der Waals surface area (Å²) in [7, 11) is 4.26. The Morgan fingerprint density at radius 2 is 2.06 bits per heavy atom. The van der Waals surface area contributed by atoms with Crippen LogP contribution in [0.3, 0.4) is 0 Å². The zero-order valence-corrected chi connectivity index (χ0v) is 11.3. The van der Waals surface area contributed by atoms with Gasteiger partial charge in [0.2, 0.25) is 0 Å². The molecule has 18 heavy (non-hydrogen) atoms. The van der Waals surface area contributed by atoms with Gasteiger partial charge in [0.15, 0.2) is 0 Å². The molecular formula is C14H20N4. The molecule has 0 N–H and O–H groups in total. The van der Waals surface area contributed by atoms with Crippen molar-refractivity contribution in [2.24, 2.45) is 0 Å². The van der Waals surface area contributed by atoms with Crippen molar-refractivity contribution in [1.29, 1.82) is 5.26 Å². The smallest absolute Gasteiger partial charge is 0.146 e. The van der Waals surface area contributed by atoms with E-state index in [4.69, 9.17) is 0 Å². The van der Waals surface area contributed by atoms with E-state index in [1.54, 1.807) is 6.20 Å². The van der Waals surface area contributed by atoms with Gasteiger partial charge in [-0.05, 0) is 45.5 Å². The summed E-state index contributed by atoms with van der Waals surface area (Å²) in [5, 5.41) is 9.25. The van der Waals surface area contributed by atoms with Crippen LogP contribution in [-0.4, -0.2) is 43.1 Å². The van der Waals surface area contributed by atoms with Gasteiger partial charge < -0.3 is 9.80 Å². The van der Waals surface area contributed by atoms with Crippen molar-refractivity contribution >= 4 is 5.82 Å². The van der Waals surface area contributed by atoms with Gasteiger partial charge >= 0.3 is 0 Å². The Morgan fingerprint density at radius 3 is 2.61 bits per heavy atom. The van der Waals surface area contributed by atoms with Crippen molar-refractivity contribution in [3.63, 3.8) is 0 Å². The number of nitrogens with zero attached hydrogens (tertiary/aromatic N) is 4. The highest BCUT2D eigenvalue weighted by atomic mass is 15.2. The van der Waals surface area contributed by atoms with Gasteiger partial charge in [0, 0.05) is 25.3 Å². The first kappa shape index (κ1) is 12.8. The molecule has 1 saturated heterocycles. The average molecular weight is 244 g/mol. The molecule has 96 valence electrons. The molecule has 2 rings (SSSR count). The second-order valence-corrected chi connectivity index (χ2v) is 5.12. The van der Waals surface area contributed by atoms with E-state index >= 15 is 0 Å². The average Bonchev–Trinajstić information content (AvgIpc) is 2.38. The minimum absolute atomic E-state index is 0.650. The predicted octanol–water partition coefficient (Wildman–Crippen LogP) is 1.79. The Hall–Kier alpha value is -1.60. The van der Waals surface area contributed by atoms with E-state index < -0.39 is 0 Å². The highest BCUT2D eigenvalue weighted by Gasteiger charge is 2.23. The van der Waals surface area contributed by atoms with Gasteiger partial charge in [-0.1, -0.05) is 0 Å². The van der Waals surface area contributed by atoms with Crippen LogP contribution in [0, 0.1) is 18.3 Å². The summed E-state index contributed by atoms with van der Waals surface area (Å²) in [6, 6.07) is 4.83. The molecule has 4 heteroatoms. The minimum atomic E-state index is 0.650. The third kappa shape index (κ3) is 2.46. The highest BCUT2D eigenvalue weighted by Crippen LogP contribution is 2.24. The minimum Gasteiger partial charge on any atom is -0.355 e. The third-order valence-electron chi connectivity index (χ3n) is 3.75. The van der Waals surface area contributed by atoms with Gasteiger partial charge in [-0.3, -0.25) is 0 Å². The Balaban J connectivity index is 2.15. The zero-order chi connectivity index (χ0) is 13.1. The summed E-state index contributed by atoms with van der Waals surface area (Å²) >= 11 is 0. The largest absolute Gasteiger partial charge is 0.355 e. The molecule has 1 aromatic heterocycles. The first-order chi connectivity index (χ1) is 8.63. The second-order valence-electron chi connectivity index (χ2n) is 5.12. The van der Waals surface area contributed by atoms with E-state index in [1.807, 2.05) is 13.0 Å². The number of hydrogen-bond donors (Lipinski definition) is 0. The normalized spacial score (nSPS) is 16.9. The molecule has 2 heterocycles. The van der Waals surface area contributed by atoms with Crippen LogP contribution < -0.4 is 4.90 Å². The van der Waals surface area contributed by atoms with Crippen molar-refractivity contribution in [2.75, 3.05) is 32.1 Å². The molecule has 0 amide bonds. The van der Waals surface area contributed by atoms with Gasteiger partial charge in [0.1, 0.15) is 11.9 Å². The van der Waals surface area contributed by atoms with Crippen LogP contribution >= 0.6 is 0 Å². The number of aryl methyl sites for hydroxylation is 1. The Labute approximate surface area is 109 Å². The topological polar surface area (TPSA) is 43.2 Å². The fraction of sp³-hybridized carbons (Fsp3) is 0.571. The van der Waals surface area contributed by atoms with Crippen LogP contribution in [0.25, 0.3) is 0 Å². The molecule has 0 saturated carbocycles. The van der Waals surface area contributed by atoms with Gasteiger partial charge in [-0.2, -0.15) is 5.26 Å². The van der Waals surface area contributed by atoms with Crippen LogP contribution in [-0.2, 0) is 0 Å². The summed E-state index contributed by atoms with van der Waals surface area (Å²) < 4.78 is 0. The molecule has 0 aliphatic carbocycles. The summed E-state index contributed by atoms with van der Waals surface area (Å²) in [6.07, 6.45) is 4.06. The van der Waals surface area contributed by atoms with Crippen molar-refractivity contribution in [3.8, 4) is 6.07 Å². The number of piperidine rings is 1. The lowest BCUT2D eigenvalue weighted by Gasteiger charge is -2.36. The number of hydrogen-bond acceptors (Lipinski definition) is 4. The molecule has 0 atom stereocenters. The number of rotatable bonds is 2. The molecule has 0 bridgehead atoms. The monoisotopic (exact) mass is 244 g/mol. The van der Waals surface area contributed by atoms with E-state index in [2.05, 4.69) is 34.9 Å². The first-order valence-corrected chi connectivity index (χ1v) is 6.40. The van der Waals surface area contributed by atoms with Crippen LogP contribution in [0.4, 0.5) is 5.82 Å². The summed E-state index contributed by atoms with van der Waals surface area (Å²) in [4.78, 5) is 8.92. The zero-order valence-electron chi connectivity index (χ0n) is 11.3. The quantitative estimate of drug-likeness (QED) is 0.795. The summed E-state index contributed by atoms with van der Waals surface area (Å²) in [6.45, 7) is 3.93. The van der Waals surface area contributed by atoms with Crippen LogP contribution in [0.2, 0.25) is 0 Å². The van der Waals surface area contributed by atoms with Gasteiger partial charge in [0.25, 0.3) is 0 Å². The maximum absolute atomic E-state index is 9.25. The van der Waals surface area contributed by atoms with Gasteiger partial charge in [-0.25, -0.2) is 4.98 Å². The van der Waals surface area contributed by atoms with Crippen LogP contribution in [0.15, 0.2) is 12.3 Å². The number of anilines is 1. The van der Waals surface area contributed by atoms with E-state index in [0.29, 0.717) is 6.04 Å². The molecule has 0 unspecified atom stereocenters. The molecule has 0 spiro atoms. The molecule has 1 aliphatic rings. The lowest BCUT2D eigenvalue weighted by atomic mass is 10.0. The molecule has 4 nitrogen and oxygen atoms in total. The molecule has 0 radical (unpaired) electrons. The SMILES string of the molecule is Cc1ccnc(N2CCC(N(C)C)CC2)c1C#N.